The Labute approximate surface area is 91.3 Å². The fraction of sp³-hybridized carbons (Fsp3) is 0.727. The zero-order valence-electron chi connectivity index (χ0n) is 9.77. The molecule has 1 aromatic heterocycles. The second-order valence-corrected chi connectivity index (χ2v) is 3.89. The Hall–Kier alpha value is -1.03. The van der Waals surface area contributed by atoms with Gasteiger partial charge in [-0.1, -0.05) is 26.7 Å². The largest absolute Gasteiger partial charge is 0.391 e. The van der Waals surface area contributed by atoms with E-state index in [-0.39, 0.29) is 6.10 Å². The van der Waals surface area contributed by atoms with Crippen molar-refractivity contribution in [3.63, 3.8) is 0 Å². The molecule has 86 valence electrons. The summed E-state index contributed by atoms with van der Waals surface area (Å²) in [7, 11) is 1.93. The highest BCUT2D eigenvalue weighted by molar-refractivity contribution is 5.25. The van der Waals surface area contributed by atoms with Crippen molar-refractivity contribution >= 4 is 5.95 Å². The molecule has 15 heavy (non-hydrogen) atoms. The highest BCUT2D eigenvalue weighted by atomic mass is 16.3. The molecule has 0 saturated carbocycles. The predicted octanol–water partition coefficient (Wildman–Crippen LogP) is 1.63. The minimum Gasteiger partial charge on any atom is -0.391 e. The quantitative estimate of drug-likeness (QED) is 0.752. The van der Waals surface area contributed by atoms with Gasteiger partial charge in [-0.25, -0.2) is 4.98 Å². The first kappa shape index (κ1) is 12.0. The van der Waals surface area contributed by atoms with Crippen LogP contribution >= 0.6 is 0 Å². The van der Waals surface area contributed by atoms with Crippen LogP contribution in [0.15, 0.2) is 12.4 Å². The average molecular weight is 211 g/mol. The first-order chi connectivity index (χ1) is 7.19. The Morgan fingerprint density at radius 2 is 2.13 bits per heavy atom. The molecular formula is C11H21N3O. The van der Waals surface area contributed by atoms with Crippen LogP contribution in [-0.4, -0.2) is 27.3 Å². The lowest BCUT2D eigenvalue weighted by atomic mass is 9.97. The van der Waals surface area contributed by atoms with Gasteiger partial charge >= 0.3 is 0 Å². The number of rotatable bonds is 6. The molecule has 0 aromatic carbocycles. The molecule has 1 aromatic rings. The van der Waals surface area contributed by atoms with Gasteiger partial charge in [0.25, 0.3) is 0 Å². The van der Waals surface area contributed by atoms with E-state index in [9.17, 15) is 5.11 Å². The summed E-state index contributed by atoms with van der Waals surface area (Å²) in [5, 5.41) is 13.0. The van der Waals surface area contributed by atoms with Gasteiger partial charge in [0.15, 0.2) is 0 Å². The van der Waals surface area contributed by atoms with E-state index in [1.807, 2.05) is 17.8 Å². The van der Waals surface area contributed by atoms with E-state index < -0.39 is 0 Å². The van der Waals surface area contributed by atoms with Crippen LogP contribution < -0.4 is 5.32 Å². The summed E-state index contributed by atoms with van der Waals surface area (Å²) < 4.78 is 1.90. The van der Waals surface area contributed by atoms with Crippen molar-refractivity contribution < 1.29 is 5.11 Å². The van der Waals surface area contributed by atoms with Gasteiger partial charge in [0.2, 0.25) is 5.95 Å². The molecule has 0 radical (unpaired) electrons. The highest BCUT2D eigenvalue weighted by Gasteiger charge is 2.15. The van der Waals surface area contributed by atoms with E-state index >= 15 is 0 Å². The van der Waals surface area contributed by atoms with E-state index in [2.05, 4.69) is 24.1 Å². The molecule has 4 heteroatoms. The third-order valence-corrected chi connectivity index (χ3v) is 2.88. The van der Waals surface area contributed by atoms with Gasteiger partial charge in [-0.3, -0.25) is 0 Å². The Bertz CT molecular complexity index is 281. The normalized spacial score (nSPS) is 13.1. The molecule has 1 unspecified atom stereocenters. The van der Waals surface area contributed by atoms with Crippen molar-refractivity contribution in [2.24, 2.45) is 13.0 Å². The molecular weight excluding hydrogens is 190 g/mol. The van der Waals surface area contributed by atoms with Crippen LogP contribution in [0.25, 0.3) is 0 Å². The summed E-state index contributed by atoms with van der Waals surface area (Å²) in [4.78, 5) is 4.14. The van der Waals surface area contributed by atoms with Crippen molar-refractivity contribution in [2.45, 2.75) is 32.8 Å². The second-order valence-electron chi connectivity index (χ2n) is 3.89. The van der Waals surface area contributed by atoms with Crippen molar-refractivity contribution in [2.75, 3.05) is 11.9 Å². The van der Waals surface area contributed by atoms with Gasteiger partial charge in [0, 0.05) is 26.0 Å². The summed E-state index contributed by atoms with van der Waals surface area (Å²) in [6.45, 7) is 4.79. The zero-order chi connectivity index (χ0) is 11.3. The van der Waals surface area contributed by atoms with E-state index in [0.717, 1.165) is 18.8 Å². The average Bonchev–Trinajstić information content (AvgIpc) is 2.63. The SMILES string of the molecule is CCC(CC)C(O)CNc1nccn1C. The van der Waals surface area contributed by atoms with E-state index in [0.29, 0.717) is 12.5 Å². The molecule has 0 fully saturated rings. The lowest BCUT2D eigenvalue weighted by molar-refractivity contribution is 0.114. The fourth-order valence-corrected chi connectivity index (χ4v) is 1.73. The molecule has 0 aliphatic rings. The number of hydrogen-bond donors (Lipinski definition) is 2. The highest BCUT2D eigenvalue weighted by Crippen LogP contribution is 2.13. The molecule has 0 aliphatic heterocycles. The minimum absolute atomic E-state index is 0.295. The number of aromatic nitrogens is 2. The number of aliphatic hydroxyl groups excluding tert-OH is 1. The van der Waals surface area contributed by atoms with Crippen molar-refractivity contribution in [1.29, 1.82) is 0 Å². The first-order valence-electron chi connectivity index (χ1n) is 5.58. The molecule has 0 saturated heterocycles. The van der Waals surface area contributed by atoms with Gasteiger partial charge in [0.05, 0.1) is 6.10 Å². The van der Waals surface area contributed by atoms with Gasteiger partial charge < -0.3 is 15.0 Å². The number of anilines is 1. The number of hydrogen-bond acceptors (Lipinski definition) is 3. The van der Waals surface area contributed by atoms with Crippen LogP contribution in [0.2, 0.25) is 0 Å². The number of nitrogens with zero attached hydrogens (tertiary/aromatic N) is 2. The third-order valence-electron chi connectivity index (χ3n) is 2.88. The van der Waals surface area contributed by atoms with Crippen molar-refractivity contribution in [3.05, 3.63) is 12.4 Å². The van der Waals surface area contributed by atoms with Crippen LogP contribution in [0.3, 0.4) is 0 Å². The Morgan fingerprint density at radius 1 is 1.47 bits per heavy atom. The molecule has 1 atom stereocenters. The van der Waals surface area contributed by atoms with Crippen LogP contribution in [0.1, 0.15) is 26.7 Å². The first-order valence-corrected chi connectivity index (χ1v) is 5.58. The maximum Gasteiger partial charge on any atom is 0.202 e. The molecule has 4 nitrogen and oxygen atoms in total. The maximum atomic E-state index is 9.90. The second kappa shape index (κ2) is 5.75. The molecule has 0 aliphatic carbocycles. The number of imidazole rings is 1. The molecule has 1 heterocycles. The Kier molecular flexibility index (Phi) is 4.62. The topological polar surface area (TPSA) is 50.1 Å². The molecule has 0 bridgehead atoms. The maximum absolute atomic E-state index is 9.90. The van der Waals surface area contributed by atoms with Crippen LogP contribution in [0.4, 0.5) is 5.95 Å². The van der Waals surface area contributed by atoms with E-state index in [1.54, 1.807) is 6.20 Å². The van der Waals surface area contributed by atoms with Crippen LogP contribution in [0.5, 0.6) is 0 Å². The zero-order valence-corrected chi connectivity index (χ0v) is 9.77. The molecule has 0 spiro atoms. The van der Waals surface area contributed by atoms with Gasteiger partial charge in [-0.2, -0.15) is 0 Å². The Balaban J connectivity index is 2.40. The summed E-state index contributed by atoms with van der Waals surface area (Å²) in [5.74, 6) is 1.18. The standard InChI is InChI=1S/C11H21N3O/c1-4-9(5-2)10(15)8-13-11-12-6-7-14(11)3/h6-7,9-10,15H,4-5,8H2,1-3H3,(H,12,13). The number of aliphatic hydroxyl groups is 1. The summed E-state index contributed by atoms with van der Waals surface area (Å²) in [5.41, 5.74) is 0. The van der Waals surface area contributed by atoms with E-state index in [1.165, 1.54) is 0 Å². The smallest absolute Gasteiger partial charge is 0.202 e. The summed E-state index contributed by atoms with van der Waals surface area (Å²) in [6.07, 6.45) is 5.36. The van der Waals surface area contributed by atoms with Gasteiger partial charge in [-0.15, -0.1) is 0 Å². The predicted molar refractivity (Wildman–Crippen MR) is 61.8 cm³/mol. The monoisotopic (exact) mass is 211 g/mol. The Morgan fingerprint density at radius 3 is 2.60 bits per heavy atom. The van der Waals surface area contributed by atoms with Crippen molar-refractivity contribution in [3.8, 4) is 0 Å². The number of aryl methyl sites for hydroxylation is 1. The lowest BCUT2D eigenvalue weighted by Crippen LogP contribution is -2.28. The van der Waals surface area contributed by atoms with E-state index in [4.69, 9.17) is 0 Å². The molecule has 1 rings (SSSR count). The summed E-state index contributed by atoms with van der Waals surface area (Å²) >= 11 is 0. The van der Waals surface area contributed by atoms with Crippen molar-refractivity contribution in [1.82, 2.24) is 9.55 Å². The minimum atomic E-state index is -0.295. The van der Waals surface area contributed by atoms with Crippen LogP contribution in [-0.2, 0) is 7.05 Å². The van der Waals surface area contributed by atoms with Crippen LogP contribution in [0, 0.1) is 5.92 Å². The fourth-order valence-electron chi connectivity index (χ4n) is 1.73. The third kappa shape index (κ3) is 3.23. The number of nitrogens with one attached hydrogen (secondary N) is 1. The lowest BCUT2D eigenvalue weighted by Gasteiger charge is -2.20. The summed E-state index contributed by atoms with van der Waals surface area (Å²) in [6, 6.07) is 0. The van der Waals surface area contributed by atoms with Gasteiger partial charge in [-0.05, 0) is 5.92 Å². The molecule has 0 amide bonds. The van der Waals surface area contributed by atoms with Gasteiger partial charge in [0.1, 0.15) is 0 Å². The molecule has 2 N–H and O–H groups in total.